The average molecular weight is 385 g/mol. The van der Waals surface area contributed by atoms with Crippen LogP contribution in [0.5, 0.6) is 0 Å². The number of nitrogens with one attached hydrogen (secondary N) is 1. The lowest BCUT2D eigenvalue weighted by Gasteiger charge is -2.21. The Balaban J connectivity index is 1.57. The number of benzene rings is 2. The predicted octanol–water partition coefficient (Wildman–Crippen LogP) is 2.86. The molecule has 1 aliphatic rings. The number of hydrogen-bond donors (Lipinski definition) is 1. The van der Waals surface area contributed by atoms with Crippen LogP contribution in [-0.2, 0) is 14.8 Å². The Morgan fingerprint density at radius 1 is 1.22 bits per heavy atom. The van der Waals surface area contributed by atoms with Crippen LogP contribution in [0.3, 0.4) is 0 Å². The monoisotopic (exact) mass is 385 g/mol. The molecule has 0 aliphatic carbocycles. The first-order valence-corrected chi connectivity index (χ1v) is 10.5. The number of oxazole rings is 1. The molecule has 4 rings (SSSR count). The van der Waals surface area contributed by atoms with E-state index in [4.69, 9.17) is 4.42 Å². The Morgan fingerprint density at radius 2 is 2.04 bits per heavy atom. The number of aromatic nitrogens is 1. The minimum Gasteiger partial charge on any atom is -0.436 e. The van der Waals surface area contributed by atoms with Gasteiger partial charge in [-0.15, -0.1) is 0 Å². The van der Waals surface area contributed by atoms with Crippen molar-refractivity contribution >= 4 is 32.7 Å². The number of amides is 1. The maximum atomic E-state index is 12.6. The quantitative estimate of drug-likeness (QED) is 0.745. The van der Waals surface area contributed by atoms with E-state index in [0.29, 0.717) is 36.5 Å². The molecule has 1 aliphatic heterocycles. The summed E-state index contributed by atoms with van der Waals surface area (Å²) >= 11 is 0. The Labute approximate surface area is 157 Å². The van der Waals surface area contributed by atoms with Crippen molar-refractivity contribution in [1.82, 2.24) is 9.29 Å². The standard InChI is InChI=1S/C19H19N3O4S/c1-27(24,25)22-11-5-9-16(22)18(23)20-14-7-4-6-13(12-14)19-21-15-8-2-3-10-17(15)26-19/h2-4,6-8,10,12,16H,5,9,11H2,1H3,(H,20,23)/t16-/m0/s1. The van der Waals surface area contributed by atoms with Gasteiger partial charge in [0.05, 0.1) is 6.26 Å². The van der Waals surface area contributed by atoms with Crippen LogP contribution in [0.4, 0.5) is 5.69 Å². The van der Waals surface area contributed by atoms with Gasteiger partial charge in [0.1, 0.15) is 11.6 Å². The molecule has 8 heteroatoms. The number of sulfonamides is 1. The van der Waals surface area contributed by atoms with Crippen LogP contribution in [0.25, 0.3) is 22.6 Å². The van der Waals surface area contributed by atoms with E-state index >= 15 is 0 Å². The lowest BCUT2D eigenvalue weighted by molar-refractivity contribution is -0.119. The Kier molecular flexibility index (Phi) is 4.45. The molecule has 0 spiro atoms. The summed E-state index contributed by atoms with van der Waals surface area (Å²) in [5, 5.41) is 2.82. The van der Waals surface area contributed by atoms with Crippen LogP contribution in [0.1, 0.15) is 12.8 Å². The summed E-state index contributed by atoms with van der Waals surface area (Å²) in [6.07, 6.45) is 2.32. The van der Waals surface area contributed by atoms with Crippen LogP contribution in [-0.4, -0.2) is 42.5 Å². The zero-order valence-corrected chi connectivity index (χ0v) is 15.6. The van der Waals surface area contributed by atoms with Crippen LogP contribution in [0.2, 0.25) is 0 Å². The second-order valence-electron chi connectivity index (χ2n) is 6.59. The van der Waals surface area contributed by atoms with Gasteiger partial charge in [-0.2, -0.15) is 4.31 Å². The van der Waals surface area contributed by atoms with E-state index in [0.717, 1.165) is 17.3 Å². The molecule has 1 amide bonds. The summed E-state index contributed by atoms with van der Waals surface area (Å²) in [4.78, 5) is 17.1. The molecule has 2 aromatic carbocycles. The third kappa shape index (κ3) is 3.58. The first-order valence-electron chi connectivity index (χ1n) is 8.65. The Hall–Kier alpha value is -2.71. The van der Waals surface area contributed by atoms with Gasteiger partial charge in [-0.1, -0.05) is 18.2 Å². The molecule has 0 unspecified atom stereocenters. The minimum atomic E-state index is -3.41. The molecule has 1 fully saturated rings. The van der Waals surface area contributed by atoms with Crippen molar-refractivity contribution in [1.29, 1.82) is 0 Å². The van der Waals surface area contributed by atoms with Gasteiger partial charge in [-0.05, 0) is 43.2 Å². The van der Waals surface area contributed by atoms with E-state index in [9.17, 15) is 13.2 Å². The lowest BCUT2D eigenvalue weighted by Crippen LogP contribution is -2.42. The Morgan fingerprint density at radius 3 is 2.81 bits per heavy atom. The van der Waals surface area contributed by atoms with Gasteiger partial charge >= 0.3 is 0 Å². The number of anilines is 1. The fourth-order valence-electron chi connectivity index (χ4n) is 3.35. The fourth-order valence-corrected chi connectivity index (χ4v) is 4.47. The average Bonchev–Trinajstić information content (AvgIpc) is 3.28. The first-order chi connectivity index (χ1) is 12.9. The molecular formula is C19H19N3O4S. The van der Waals surface area contributed by atoms with Gasteiger partial charge in [0.25, 0.3) is 0 Å². The molecule has 140 valence electrons. The van der Waals surface area contributed by atoms with Gasteiger partial charge in [0.2, 0.25) is 21.8 Å². The molecular weight excluding hydrogens is 366 g/mol. The summed E-state index contributed by atoms with van der Waals surface area (Å²) < 4.78 is 30.7. The van der Waals surface area contributed by atoms with Crippen LogP contribution >= 0.6 is 0 Å². The maximum Gasteiger partial charge on any atom is 0.242 e. The third-order valence-corrected chi connectivity index (χ3v) is 5.89. The summed E-state index contributed by atoms with van der Waals surface area (Å²) in [6.45, 7) is 0.375. The highest BCUT2D eigenvalue weighted by molar-refractivity contribution is 7.88. The molecule has 27 heavy (non-hydrogen) atoms. The highest BCUT2D eigenvalue weighted by atomic mass is 32.2. The molecule has 1 atom stereocenters. The van der Waals surface area contributed by atoms with Gasteiger partial charge < -0.3 is 9.73 Å². The largest absolute Gasteiger partial charge is 0.436 e. The lowest BCUT2D eigenvalue weighted by atomic mass is 10.1. The number of carbonyl (C=O) groups excluding carboxylic acids is 1. The molecule has 0 radical (unpaired) electrons. The van der Waals surface area contributed by atoms with E-state index in [1.54, 1.807) is 18.2 Å². The van der Waals surface area contributed by atoms with Crippen LogP contribution < -0.4 is 5.32 Å². The van der Waals surface area contributed by atoms with E-state index in [1.807, 2.05) is 30.3 Å². The van der Waals surface area contributed by atoms with Crippen LogP contribution in [0.15, 0.2) is 52.9 Å². The van der Waals surface area contributed by atoms with Crippen molar-refractivity contribution in [2.45, 2.75) is 18.9 Å². The Bertz CT molecular complexity index is 1070. The van der Waals surface area contributed by atoms with E-state index in [2.05, 4.69) is 10.3 Å². The number of nitrogens with zero attached hydrogens (tertiary/aromatic N) is 2. The van der Waals surface area contributed by atoms with E-state index in [1.165, 1.54) is 4.31 Å². The molecule has 1 saturated heterocycles. The molecule has 7 nitrogen and oxygen atoms in total. The second kappa shape index (κ2) is 6.79. The highest BCUT2D eigenvalue weighted by Crippen LogP contribution is 2.27. The number of fused-ring (bicyclic) bond motifs is 1. The molecule has 1 aromatic heterocycles. The normalized spacial score (nSPS) is 18.0. The zero-order chi connectivity index (χ0) is 19.0. The van der Waals surface area contributed by atoms with Crippen molar-refractivity contribution in [2.24, 2.45) is 0 Å². The SMILES string of the molecule is CS(=O)(=O)N1CCC[C@H]1C(=O)Nc1cccc(-c2nc3ccccc3o2)c1. The number of para-hydroxylation sites is 2. The molecule has 0 saturated carbocycles. The van der Waals surface area contributed by atoms with Crippen LogP contribution in [0, 0.1) is 0 Å². The van der Waals surface area contributed by atoms with Crippen molar-refractivity contribution in [3.8, 4) is 11.5 Å². The number of hydrogen-bond acceptors (Lipinski definition) is 5. The van der Waals surface area contributed by atoms with Gasteiger partial charge in [-0.25, -0.2) is 13.4 Å². The fraction of sp³-hybridized carbons (Fsp3) is 0.263. The molecule has 2 heterocycles. The van der Waals surface area contributed by atoms with Crippen molar-refractivity contribution in [2.75, 3.05) is 18.1 Å². The van der Waals surface area contributed by atoms with Gasteiger partial charge in [0.15, 0.2) is 5.58 Å². The van der Waals surface area contributed by atoms with E-state index in [-0.39, 0.29) is 5.91 Å². The summed E-state index contributed by atoms with van der Waals surface area (Å²) in [5.41, 5.74) is 2.75. The van der Waals surface area contributed by atoms with Gasteiger partial charge in [-0.3, -0.25) is 4.79 Å². The summed E-state index contributed by atoms with van der Waals surface area (Å²) in [7, 11) is -3.41. The van der Waals surface area contributed by atoms with Crippen molar-refractivity contribution < 1.29 is 17.6 Å². The predicted molar refractivity (Wildman–Crippen MR) is 103 cm³/mol. The zero-order valence-electron chi connectivity index (χ0n) is 14.8. The number of carbonyl (C=O) groups is 1. The molecule has 3 aromatic rings. The van der Waals surface area contributed by atoms with Crippen molar-refractivity contribution in [3.05, 3.63) is 48.5 Å². The third-order valence-electron chi connectivity index (χ3n) is 4.60. The minimum absolute atomic E-state index is 0.326. The number of rotatable bonds is 4. The van der Waals surface area contributed by atoms with Gasteiger partial charge in [0, 0.05) is 17.8 Å². The molecule has 1 N–H and O–H groups in total. The summed E-state index contributed by atoms with van der Waals surface area (Å²) in [5.74, 6) is 0.138. The second-order valence-corrected chi connectivity index (χ2v) is 8.52. The maximum absolute atomic E-state index is 12.6. The smallest absolute Gasteiger partial charge is 0.242 e. The van der Waals surface area contributed by atoms with Crippen molar-refractivity contribution in [3.63, 3.8) is 0 Å². The van der Waals surface area contributed by atoms with E-state index < -0.39 is 16.1 Å². The summed E-state index contributed by atoms with van der Waals surface area (Å²) in [6, 6.07) is 14.0. The topological polar surface area (TPSA) is 92.5 Å². The first kappa shape index (κ1) is 17.7. The highest BCUT2D eigenvalue weighted by Gasteiger charge is 2.36. The molecule has 0 bridgehead atoms.